The Bertz CT molecular complexity index is 911. The number of ether oxygens (including phenoxy) is 2. The molecule has 3 rings (SSSR count). The Labute approximate surface area is 169 Å². The molecule has 0 aliphatic carbocycles. The van der Waals surface area contributed by atoms with Crippen molar-refractivity contribution in [2.45, 2.75) is 17.1 Å². The minimum atomic E-state index is -0.0707. The van der Waals surface area contributed by atoms with E-state index in [2.05, 4.69) is 17.4 Å². The lowest BCUT2D eigenvalue weighted by atomic mass is 10.1. The normalized spacial score (nSPS) is 10.4. The minimum absolute atomic E-state index is 0.0707. The summed E-state index contributed by atoms with van der Waals surface area (Å²) in [6, 6.07) is 23.8. The second-order valence-corrected chi connectivity index (χ2v) is 7.26. The highest BCUT2D eigenvalue weighted by Gasteiger charge is 2.09. The van der Waals surface area contributed by atoms with Crippen molar-refractivity contribution in [3.05, 3.63) is 83.9 Å². The molecule has 1 N–H and O–H groups in total. The second-order valence-electron chi connectivity index (χ2n) is 6.21. The Hall–Kier alpha value is -2.92. The van der Waals surface area contributed by atoms with Crippen molar-refractivity contribution in [1.29, 1.82) is 0 Å². The molecular formula is C23H23NO3S. The van der Waals surface area contributed by atoms with Crippen LogP contribution in [0.15, 0.2) is 77.7 Å². The van der Waals surface area contributed by atoms with Crippen molar-refractivity contribution in [3.63, 3.8) is 0 Å². The predicted molar refractivity (Wildman–Crippen MR) is 114 cm³/mol. The average molecular weight is 394 g/mol. The molecule has 0 saturated carbocycles. The first kappa shape index (κ1) is 19.8. The van der Waals surface area contributed by atoms with E-state index in [0.29, 0.717) is 11.5 Å². The quantitative estimate of drug-likeness (QED) is 0.536. The number of carbonyl (C=O) groups excluding carboxylic acids is 1. The van der Waals surface area contributed by atoms with Gasteiger partial charge in [-0.05, 0) is 47.5 Å². The van der Waals surface area contributed by atoms with Gasteiger partial charge in [0.25, 0.3) is 0 Å². The van der Waals surface area contributed by atoms with Crippen LogP contribution in [0.25, 0.3) is 0 Å². The van der Waals surface area contributed by atoms with E-state index >= 15 is 0 Å². The van der Waals surface area contributed by atoms with Crippen LogP contribution < -0.4 is 14.8 Å². The van der Waals surface area contributed by atoms with Gasteiger partial charge in [-0.25, -0.2) is 0 Å². The maximum Gasteiger partial charge on any atom is 0.228 e. The number of hydrogen-bond acceptors (Lipinski definition) is 4. The zero-order valence-electron chi connectivity index (χ0n) is 16.0. The van der Waals surface area contributed by atoms with E-state index in [4.69, 9.17) is 9.47 Å². The smallest absolute Gasteiger partial charge is 0.228 e. The first-order valence-electron chi connectivity index (χ1n) is 8.95. The number of rotatable bonds is 8. The molecule has 0 aromatic heterocycles. The van der Waals surface area contributed by atoms with Crippen molar-refractivity contribution in [3.8, 4) is 11.5 Å². The third-order valence-corrected chi connectivity index (χ3v) is 5.28. The Kier molecular flexibility index (Phi) is 6.98. The van der Waals surface area contributed by atoms with Crippen LogP contribution >= 0.6 is 11.8 Å². The fraction of sp³-hybridized carbons (Fsp3) is 0.174. The average Bonchev–Trinajstić information content (AvgIpc) is 2.74. The lowest BCUT2D eigenvalue weighted by Crippen LogP contribution is -2.14. The molecule has 0 saturated heterocycles. The Morgan fingerprint density at radius 1 is 0.857 bits per heavy atom. The van der Waals surface area contributed by atoms with Crippen molar-refractivity contribution < 1.29 is 14.3 Å². The molecule has 0 fully saturated rings. The topological polar surface area (TPSA) is 47.6 Å². The molecule has 5 heteroatoms. The molecule has 0 spiro atoms. The maximum absolute atomic E-state index is 12.3. The summed E-state index contributed by atoms with van der Waals surface area (Å²) in [5, 5.41) is 2.94. The lowest BCUT2D eigenvalue weighted by molar-refractivity contribution is -0.115. The van der Waals surface area contributed by atoms with Gasteiger partial charge in [0, 0.05) is 16.3 Å². The molecule has 1 amide bonds. The van der Waals surface area contributed by atoms with Crippen LogP contribution in [0.4, 0.5) is 5.69 Å². The monoisotopic (exact) mass is 393 g/mol. The van der Waals surface area contributed by atoms with Crippen molar-refractivity contribution >= 4 is 23.4 Å². The van der Waals surface area contributed by atoms with Crippen molar-refractivity contribution in [1.82, 2.24) is 0 Å². The fourth-order valence-corrected chi connectivity index (χ4v) is 3.62. The summed E-state index contributed by atoms with van der Waals surface area (Å²) in [5.74, 6) is 2.09. The second kappa shape index (κ2) is 9.85. The number of anilines is 1. The highest BCUT2D eigenvalue weighted by Crippen LogP contribution is 2.28. The van der Waals surface area contributed by atoms with Gasteiger partial charge in [0.15, 0.2) is 11.5 Å². The van der Waals surface area contributed by atoms with E-state index < -0.39 is 0 Å². The number of methoxy groups -OCH3 is 2. The van der Waals surface area contributed by atoms with E-state index in [0.717, 1.165) is 17.0 Å². The van der Waals surface area contributed by atoms with Crippen LogP contribution in [-0.2, 0) is 17.0 Å². The van der Waals surface area contributed by atoms with Crippen LogP contribution in [0.2, 0.25) is 0 Å². The van der Waals surface area contributed by atoms with E-state index in [-0.39, 0.29) is 12.3 Å². The number of hydrogen-bond donors (Lipinski definition) is 1. The molecule has 0 aliphatic rings. The van der Waals surface area contributed by atoms with Gasteiger partial charge in [0.1, 0.15) is 0 Å². The zero-order chi connectivity index (χ0) is 19.8. The summed E-state index contributed by atoms with van der Waals surface area (Å²) in [5.41, 5.74) is 2.87. The highest BCUT2D eigenvalue weighted by atomic mass is 32.2. The molecule has 144 valence electrons. The van der Waals surface area contributed by atoms with Gasteiger partial charge in [0.05, 0.1) is 20.6 Å². The first-order valence-corrected chi connectivity index (χ1v) is 9.94. The van der Waals surface area contributed by atoms with Crippen LogP contribution in [0, 0.1) is 0 Å². The number of thioether (sulfide) groups is 1. The number of nitrogens with one attached hydrogen (secondary N) is 1. The van der Waals surface area contributed by atoms with Gasteiger partial charge in [-0.15, -0.1) is 11.8 Å². The molecule has 0 unspecified atom stereocenters. The Morgan fingerprint density at radius 2 is 1.54 bits per heavy atom. The third-order valence-electron chi connectivity index (χ3n) is 4.20. The molecule has 0 bridgehead atoms. The molecule has 0 heterocycles. The standard InChI is InChI=1S/C23H23NO3S/c1-26-21-13-10-18(14-22(21)27-2)15-23(25)24-19-11-8-17(9-12-19)16-28-20-6-4-3-5-7-20/h3-14H,15-16H2,1-2H3,(H,24,25). The number of amides is 1. The van der Waals surface area contributed by atoms with Crippen LogP contribution in [0.3, 0.4) is 0 Å². The minimum Gasteiger partial charge on any atom is -0.493 e. The first-order chi connectivity index (χ1) is 13.7. The highest BCUT2D eigenvalue weighted by molar-refractivity contribution is 7.98. The summed E-state index contributed by atoms with van der Waals surface area (Å²) in [4.78, 5) is 13.6. The summed E-state index contributed by atoms with van der Waals surface area (Å²) >= 11 is 1.79. The van der Waals surface area contributed by atoms with Crippen molar-refractivity contribution in [2.24, 2.45) is 0 Å². The Balaban J connectivity index is 1.54. The molecule has 0 radical (unpaired) electrons. The summed E-state index contributed by atoms with van der Waals surface area (Å²) in [6.07, 6.45) is 0.270. The molecular weight excluding hydrogens is 370 g/mol. The summed E-state index contributed by atoms with van der Waals surface area (Å²) in [6.45, 7) is 0. The molecule has 0 aliphatic heterocycles. The lowest BCUT2D eigenvalue weighted by Gasteiger charge is -2.10. The summed E-state index contributed by atoms with van der Waals surface area (Å²) in [7, 11) is 3.17. The zero-order valence-corrected chi connectivity index (χ0v) is 16.8. The molecule has 28 heavy (non-hydrogen) atoms. The largest absolute Gasteiger partial charge is 0.493 e. The predicted octanol–water partition coefficient (Wildman–Crippen LogP) is 5.18. The van der Waals surface area contributed by atoms with Crippen LogP contribution in [0.5, 0.6) is 11.5 Å². The molecule has 3 aromatic rings. The molecule has 0 atom stereocenters. The van der Waals surface area contributed by atoms with Crippen LogP contribution in [0.1, 0.15) is 11.1 Å². The number of carbonyl (C=O) groups is 1. The van der Waals surface area contributed by atoms with Gasteiger partial charge < -0.3 is 14.8 Å². The van der Waals surface area contributed by atoms with Gasteiger partial charge >= 0.3 is 0 Å². The fourth-order valence-electron chi connectivity index (χ4n) is 2.75. The van der Waals surface area contributed by atoms with Crippen LogP contribution in [-0.4, -0.2) is 20.1 Å². The summed E-state index contributed by atoms with van der Waals surface area (Å²) < 4.78 is 10.5. The van der Waals surface area contributed by atoms with E-state index in [1.807, 2.05) is 54.6 Å². The SMILES string of the molecule is COc1ccc(CC(=O)Nc2ccc(CSc3ccccc3)cc2)cc1OC. The van der Waals surface area contributed by atoms with Gasteiger partial charge in [-0.1, -0.05) is 36.4 Å². The van der Waals surface area contributed by atoms with E-state index in [1.165, 1.54) is 10.5 Å². The molecule has 4 nitrogen and oxygen atoms in total. The van der Waals surface area contributed by atoms with Gasteiger partial charge in [0.2, 0.25) is 5.91 Å². The van der Waals surface area contributed by atoms with E-state index in [1.54, 1.807) is 32.0 Å². The van der Waals surface area contributed by atoms with Gasteiger partial charge in [-0.2, -0.15) is 0 Å². The van der Waals surface area contributed by atoms with Crippen molar-refractivity contribution in [2.75, 3.05) is 19.5 Å². The van der Waals surface area contributed by atoms with Gasteiger partial charge in [-0.3, -0.25) is 4.79 Å². The van der Waals surface area contributed by atoms with E-state index in [9.17, 15) is 4.79 Å². The molecule has 3 aromatic carbocycles. The third kappa shape index (κ3) is 5.54. The number of benzene rings is 3. The Morgan fingerprint density at radius 3 is 2.21 bits per heavy atom. The maximum atomic E-state index is 12.3.